The maximum atomic E-state index is 2.43. The van der Waals surface area contributed by atoms with Gasteiger partial charge in [0, 0.05) is 0 Å². The predicted molar refractivity (Wildman–Crippen MR) is 108 cm³/mol. The Labute approximate surface area is 149 Å². The minimum atomic E-state index is 0.964. The molecular weight excluding hydrogens is 276 g/mol. The predicted octanol–water partition coefficient (Wildman–Crippen LogP) is 9.07. The van der Waals surface area contributed by atoms with E-state index in [-0.39, 0.29) is 0 Å². The Morgan fingerprint density at radius 2 is 0.739 bits per heavy atom. The maximum Gasteiger partial charge on any atom is -0.0443 e. The van der Waals surface area contributed by atoms with Crippen LogP contribution in [-0.4, -0.2) is 0 Å². The molecule has 1 unspecified atom stereocenters. The van der Waals surface area contributed by atoms with Crippen LogP contribution >= 0.6 is 0 Å². The fraction of sp³-hybridized carbons (Fsp3) is 1.00. The molecule has 0 amide bonds. The molecule has 23 heavy (non-hydrogen) atoms. The van der Waals surface area contributed by atoms with Gasteiger partial charge in [-0.15, -0.1) is 0 Å². The van der Waals surface area contributed by atoms with Gasteiger partial charge < -0.3 is 0 Å². The van der Waals surface area contributed by atoms with Crippen LogP contribution in [0.2, 0.25) is 0 Å². The summed E-state index contributed by atoms with van der Waals surface area (Å²) in [6, 6.07) is 0. The standard InChI is InChI=1S/C23H48/c1-4-6-7-8-9-10-11-12-13-14-15-16-17-18-19-20-22-23(3)21-5-2/h23H,4-22H2,1-3H3. The van der Waals surface area contributed by atoms with Crippen LogP contribution in [0.15, 0.2) is 0 Å². The van der Waals surface area contributed by atoms with Gasteiger partial charge in [0.25, 0.3) is 0 Å². The topological polar surface area (TPSA) is 0 Å². The number of rotatable bonds is 19. The highest BCUT2D eigenvalue weighted by Crippen LogP contribution is 2.17. The Balaban J connectivity index is 3.00. The van der Waals surface area contributed by atoms with E-state index in [2.05, 4.69) is 20.8 Å². The number of unbranched alkanes of at least 4 members (excludes halogenated alkanes) is 15. The van der Waals surface area contributed by atoms with Crippen LogP contribution in [0.25, 0.3) is 0 Å². The van der Waals surface area contributed by atoms with Gasteiger partial charge in [0.1, 0.15) is 0 Å². The van der Waals surface area contributed by atoms with Crippen LogP contribution in [0.1, 0.15) is 143 Å². The first-order valence-electron chi connectivity index (χ1n) is 11.3. The fourth-order valence-corrected chi connectivity index (χ4v) is 3.68. The molecular formula is C23H48. The van der Waals surface area contributed by atoms with Crippen LogP contribution in [0.4, 0.5) is 0 Å². The van der Waals surface area contributed by atoms with Crippen molar-refractivity contribution in [2.45, 2.75) is 143 Å². The highest BCUT2D eigenvalue weighted by molar-refractivity contribution is 4.54. The summed E-state index contributed by atoms with van der Waals surface area (Å²) >= 11 is 0. The van der Waals surface area contributed by atoms with Gasteiger partial charge in [-0.25, -0.2) is 0 Å². The third-order valence-corrected chi connectivity index (χ3v) is 5.33. The zero-order valence-corrected chi connectivity index (χ0v) is 17.0. The van der Waals surface area contributed by atoms with Gasteiger partial charge in [0.15, 0.2) is 0 Å². The maximum absolute atomic E-state index is 2.43. The van der Waals surface area contributed by atoms with E-state index in [1.165, 1.54) is 122 Å². The average molecular weight is 325 g/mol. The molecule has 0 fully saturated rings. The van der Waals surface area contributed by atoms with Crippen molar-refractivity contribution in [1.82, 2.24) is 0 Å². The van der Waals surface area contributed by atoms with Crippen LogP contribution in [0, 0.1) is 5.92 Å². The average Bonchev–Trinajstić information content (AvgIpc) is 2.54. The van der Waals surface area contributed by atoms with Crippen LogP contribution in [0.3, 0.4) is 0 Å². The SMILES string of the molecule is CCCCCCCCCCCCCCCCCCC(C)CCC. The summed E-state index contributed by atoms with van der Waals surface area (Å²) in [7, 11) is 0. The second kappa shape index (κ2) is 20.0. The first kappa shape index (κ1) is 23.0. The third-order valence-electron chi connectivity index (χ3n) is 5.33. The summed E-state index contributed by atoms with van der Waals surface area (Å²) in [6.45, 7) is 7.03. The van der Waals surface area contributed by atoms with E-state index in [1.807, 2.05) is 0 Å². The van der Waals surface area contributed by atoms with E-state index in [0.717, 1.165) is 5.92 Å². The van der Waals surface area contributed by atoms with Gasteiger partial charge >= 0.3 is 0 Å². The molecule has 0 heterocycles. The second-order valence-corrected chi connectivity index (χ2v) is 7.99. The molecule has 0 aliphatic rings. The molecule has 0 N–H and O–H groups in total. The minimum absolute atomic E-state index is 0.964. The van der Waals surface area contributed by atoms with Crippen molar-refractivity contribution >= 4 is 0 Å². The van der Waals surface area contributed by atoms with Crippen LogP contribution in [0.5, 0.6) is 0 Å². The van der Waals surface area contributed by atoms with E-state index >= 15 is 0 Å². The molecule has 0 aromatic carbocycles. The Hall–Kier alpha value is 0. The van der Waals surface area contributed by atoms with Crippen LogP contribution in [-0.2, 0) is 0 Å². The number of hydrogen-bond donors (Lipinski definition) is 0. The summed E-state index contributed by atoms with van der Waals surface area (Å²) in [6.07, 6.45) is 27.8. The third kappa shape index (κ3) is 20.0. The molecule has 0 aliphatic carbocycles. The van der Waals surface area contributed by atoms with Crippen molar-refractivity contribution in [3.05, 3.63) is 0 Å². The molecule has 0 nitrogen and oxygen atoms in total. The van der Waals surface area contributed by atoms with E-state index in [4.69, 9.17) is 0 Å². The van der Waals surface area contributed by atoms with Crippen molar-refractivity contribution in [1.29, 1.82) is 0 Å². The van der Waals surface area contributed by atoms with E-state index in [0.29, 0.717) is 0 Å². The van der Waals surface area contributed by atoms with Crippen molar-refractivity contribution in [2.24, 2.45) is 5.92 Å². The molecule has 0 spiro atoms. The zero-order valence-electron chi connectivity index (χ0n) is 17.0. The van der Waals surface area contributed by atoms with Crippen molar-refractivity contribution < 1.29 is 0 Å². The molecule has 0 rings (SSSR count). The van der Waals surface area contributed by atoms with E-state index in [1.54, 1.807) is 0 Å². The Kier molecular flexibility index (Phi) is 20.0. The molecule has 0 saturated carbocycles. The van der Waals surface area contributed by atoms with Gasteiger partial charge in [-0.05, 0) is 5.92 Å². The Morgan fingerprint density at radius 1 is 0.391 bits per heavy atom. The van der Waals surface area contributed by atoms with E-state index < -0.39 is 0 Å². The lowest BCUT2D eigenvalue weighted by Crippen LogP contribution is -1.93. The zero-order chi connectivity index (χ0) is 17.0. The summed E-state index contributed by atoms with van der Waals surface area (Å²) in [4.78, 5) is 0. The molecule has 0 aromatic rings. The largest absolute Gasteiger partial charge is 0.0654 e. The minimum Gasteiger partial charge on any atom is -0.0654 e. The molecule has 1 atom stereocenters. The van der Waals surface area contributed by atoms with Gasteiger partial charge in [-0.1, -0.05) is 143 Å². The fourth-order valence-electron chi connectivity index (χ4n) is 3.68. The summed E-state index contributed by atoms with van der Waals surface area (Å²) in [5.74, 6) is 0.964. The van der Waals surface area contributed by atoms with Crippen molar-refractivity contribution in [2.75, 3.05) is 0 Å². The number of hydrogen-bond acceptors (Lipinski definition) is 0. The van der Waals surface area contributed by atoms with Crippen molar-refractivity contribution in [3.63, 3.8) is 0 Å². The quantitative estimate of drug-likeness (QED) is 0.208. The molecule has 0 bridgehead atoms. The molecule has 0 saturated heterocycles. The molecule has 0 aromatic heterocycles. The molecule has 140 valence electrons. The molecule has 0 radical (unpaired) electrons. The van der Waals surface area contributed by atoms with Crippen molar-refractivity contribution in [3.8, 4) is 0 Å². The van der Waals surface area contributed by atoms with Gasteiger partial charge in [-0.2, -0.15) is 0 Å². The van der Waals surface area contributed by atoms with Gasteiger partial charge in [0.05, 0.1) is 0 Å². The highest BCUT2D eigenvalue weighted by Gasteiger charge is 2.00. The normalized spacial score (nSPS) is 12.7. The summed E-state index contributed by atoms with van der Waals surface area (Å²) in [5.41, 5.74) is 0. The summed E-state index contributed by atoms with van der Waals surface area (Å²) < 4.78 is 0. The molecule has 0 heteroatoms. The lowest BCUT2D eigenvalue weighted by Gasteiger charge is -2.09. The first-order valence-corrected chi connectivity index (χ1v) is 11.3. The smallest absolute Gasteiger partial charge is 0.0443 e. The second-order valence-electron chi connectivity index (χ2n) is 7.99. The monoisotopic (exact) mass is 324 g/mol. The van der Waals surface area contributed by atoms with Gasteiger partial charge in [-0.3, -0.25) is 0 Å². The lowest BCUT2D eigenvalue weighted by atomic mass is 9.98. The lowest BCUT2D eigenvalue weighted by molar-refractivity contribution is 0.450. The Morgan fingerprint density at radius 3 is 1.09 bits per heavy atom. The van der Waals surface area contributed by atoms with E-state index in [9.17, 15) is 0 Å². The molecule has 0 aliphatic heterocycles. The Bertz CT molecular complexity index is 196. The highest BCUT2D eigenvalue weighted by atomic mass is 14.1. The van der Waals surface area contributed by atoms with Gasteiger partial charge in [0.2, 0.25) is 0 Å². The first-order chi connectivity index (χ1) is 11.3. The summed E-state index contributed by atoms with van der Waals surface area (Å²) in [5, 5.41) is 0. The van der Waals surface area contributed by atoms with Crippen LogP contribution < -0.4 is 0 Å².